The summed E-state index contributed by atoms with van der Waals surface area (Å²) in [5.74, 6) is 0.0624. The van der Waals surface area contributed by atoms with E-state index >= 15 is 0 Å². The smallest absolute Gasteiger partial charge is 0.171 e. The van der Waals surface area contributed by atoms with E-state index in [1.807, 2.05) is 12.1 Å². The number of Topliss-reactive ketones (excluding diaryl/α,β-unsaturated/α-hetero) is 1. The van der Waals surface area contributed by atoms with Crippen LogP contribution in [-0.4, -0.2) is 20.4 Å². The minimum absolute atomic E-state index is 0.0624. The number of halogens is 1. The van der Waals surface area contributed by atoms with E-state index in [-0.39, 0.29) is 5.78 Å². The maximum atomic E-state index is 12.2. The zero-order valence-electron chi connectivity index (χ0n) is 9.21. The molecule has 0 fully saturated rings. The fourth-order valence-electron chi connectivity index (χ4n) is 1.75. The molecule has 6 heteroatoms. The molecule has 90 valence electrons. The summed E-state index contributed by atoms with van der Waals surface area (Å²) in [4.78, 5) is 17.3. The third-order valence-corrected chi connectivity index (χ3v) is 4.21. The van der Waals surface area contributed by atoms with Crippen molar-refractivity contribution in [2.75, 3.05) is 0 Å². The van der Waals surface area contributed by atoms with Crippen molar-refractivity contribution >= 4 is 38.6 Å². The SMILES string of the molecule is O=C(Cc1ccc(Br)s1)c1cnn2ccncc12. The predicted molar refractivity (Wildman–Crippen MR) is 73.0 cm³/mol. The molecule has 0 unspecified atom stereocenters. The van der Waals surface area contributed by atoms with Crippen molar-refractivity contribution in [2.24, 2.45) is 0 Å². The topological polar surface area (TPSA) is 47.3 Å². The molecule has 3 aromatic heterocycles. The van der Waals surface area contributed by atoms with E-state index in [4.69, 9.17) is 0 Å². The quantitative estimate of drug-likeness (QED) is 0.697. The highest BCUT2D eigenvalue weighted by Gasteiger charge is 2.14. The molecule has 0 amide bonds. The van der Waals surface area contributed by atoms with E-state index < -0.39 is 0 Å². The molecular weight excluding hydrogens is 314 g/mol. The number of fused-ring (bicyclic) bond motifs is 1. The van der Waals surface area contributed by atoms with Gasteiger partial charge >= 0.3 is 0 Å². The zero-order valence-corrected chi connectivity index (χ0v) is 11.6. The van der Waals surface area contributed by atoms with Crippen molar-refractivity contribution in [3.63, 3.8) is 0 Å². The fourth-order valence-corrected chi connectivity index (χ4v) is 3.23. The van der Waals surface area contributed by atoms with E-state index in [9.17, 15) is 4.79 Å². The van der Waals surface area contributed by atoms with E-state index in [2.05, 4.69) is 26.0 Å². The van der Waals surface area contributed by atoms with Crippen LogP contribution in [0.1, 0.15) is 15.2 Å². The first-order valence-electron chi connectivity index (χ1n) is 5.29. The lowest BCUT2D eigenvalue weighted by atomic mass is 10.1. The molecule has 3 heterocycles. The number of hydrogen-bond acceptors (Lipinski definition) is 4. The molecule has 3 aromatic rings. The second-order valence-corrected chi connectivity index (χ2v) is 6.32. The number of carbonyl (C=O) groups excluding carboxylic acids is 1. The molecule has 4 nitrogen and oxygen atoms in total. The molecule has 0 N–H and O–H groups in total. The first-order valence-corrected chi connectivity index (χ1v) is 6.90. The van der Waals surface area contributed by atoms with Gasteiger partial charge in [-0.3, -0.25) is 9.78 Å². The van der Waals surface area contributed by atoms with Crippen molar-refractivity contribution in [1.82, 2.24) is 14.6 Å². The lowest BCUT2D eigenvalue weighted by Gasteiger charge is -1.96. The summed E-state index contributed by atoms with van der Waals surface area (Å²) < 4.78 is 2.69. The molecular formula is C12H8BrN3OS. The number of rotatable bonds is 3. The molecule has 0 spiro atoms. The van der Waals surface area contributed by atoms with Gasteiger partial charge in [0, 0.05) is 23.7 Å². The van der Waals surface area contributed by atoms with Crippen LogP contribution < -0.4 is 0 Å². The number of hydrogen-bond donors (Lipinski definition) is 0. The Morgan fingerprint density at radius 2 is 2.28 bits per heavy atom. The van der Waals surface area contributed by atoms with E-state index in [0.29, 0.717) is 12.0 Å². The maximum Gasteiger partial charge on any atom is 0.171 e. The first kappa shape index (κ1) is 11.6. The van der Waals surface area contributed by atoms with Crippen molar-refractivity contribution in [2.45, 2.75) is 6.42 Å². The number of aromatic nitrogens is 3. The van der Waals surface area contributed by atoms with Gasteiger partial charge in [-0.2, -0.15) is 5.10 Å². The van der Waals surface area contributed by atoms with Gasteiger partial charge in [0.2, 0.25) is 0 Å². The number of thiophene rings is 1. The predicted octanol–water partition coefficient (Wildman–Crippen LogP) is 2.98. The molecule has 0 saturated heterocycles. The van der Waals surface area contributed by atoms with Gasteiger partial charge in [-0.1, -0.05) is 0 Å². The van der Waals surface area contributed by atoms with Crippen LogP contribution in [0.2, 0.25) is 0 Å². The second-order valence-electron chi connectivity index (χ2n) is 3.77. The Morgan fingerprint density at radius 3 is 3.06 bits per heavy atom. The van der Waals surface area contributed by atoms with Gasteiger partial charge in [0.1, 0.15) is 0 Å². The summed E-state index contributed by atoms with van der Waals surface area (Å²) in [6, 6.07) is 3.90. The van der Waals surface area contributed by atoms with Crippen molar-refractivity contribution in [3.05, 3.63) is 51.1 Å². The standard InChI is InChI=1S/C12H8BrN3OS/c13-12-2-1-8(18-12)5-11(17)9-6-15-16-4-3-14-7-10(9)16/h1-4,6-7H,5H2. The van der Waals surface area contributed by atoms with Gasteiger partial charge in [-0.15, -0.1) is 11.3 Å². The molecule has 3 rings (SSSR count). The first-order chi connectivity index (χ1) is 8.74. The molecule has 0 aliphatic heterocycles. The second kappa shape index (κ2) is 4.62. The Balaban J connectivity index is 1.92. The third-order valence-electron chi connectivity index (χ3n) is 2.59. The van der Waals surface area contributed by atoms with Gasteiger partial charge in [-0.25, -0.2) is 4.52 Å². The minimum atomic E-state index is 0.0624. The van der Waals surface area contributed by atoms with Crippen LogP contribution in [0.5, 0.6) is 0 Å². The minimum Gasteiger partial charge on any atom is -0.294 e. The van der Waals surface area contributed by atoms with Crippen molar-refractivity contribution in [1.29, 1.82) is 0 Å². The Bertz CT molecular complexity index is 719. The molecule has 0 aliphatic carbocycles. The average Bonchev–Trinajstić information content (AvgIpc) is 2.95. The molecule has 0 aromatic carbocycles. The van der Waals surface area contributed by atoms with Gasteiger partial charge in [0.15, 0.2) is 5.78 Å². The van der Waals surface area contributed by atoms with E-state index in [0.717, 1.165) is 14.2 Å². The summed E-state index contributed by atoms with van der Waals surface area (Å²) in [6.07, 6.45) is 7.03. The third kappa shape index (κ3) is 2.09. The molecule has 0 aliphatic rings. The molecule has 0 atom stereocenters. The highest BCUT2D eigenvalue weighted by molar-refractivity contribution is 9.11. The summed E-state index contributed by atoms with van der Waals surface area (Å²) in [7, 11) is 0. The van der Waals surface area contributed by atoms with Gasteiger partial charge in [-0.05, 0) is 28.1 Å². The molecule has 18 heavy (non-hydrogen) atoms. The number of ketones is 1. The summed E-state index contributed by atoms with van der Waals surface area (Å²) in [6.45, 7) is 0. The monoisotopic (exact) mass is 321 g/mol. The Labute approximate surface area is 115 Å². The molecule has 0 bridgehead atoms. The highest BCUT2D eigenvalue weighted by atomic mass is 79.9. The van der Waals surface area contributed by atoms with Crippen LogP contribution in [0.25, 0.3) is 5.52 Å². The van der Waals surface area contributed by atoms with Crippen LogP contribution in [0.4, 0.5) is 0 Å². The Morgan fingerprint density at radius 1 is 1.39 bits per heavy atom. The molecule has 0 radical (unpaired) electrons. The fraction of sp³-hybridized carbons (Fsp3) is 0.0833. The van der Waals surface area contributed by atoms with E-state index in [1.165, 1.54) is 0 Å². The van der Waals surface area contributed by atoms with Crippen molar-refractivity contribution in [3.8, 4) is 0 Å². The Hall–Kier alpha value is -1.53. The summed E-state index contributed by atoms with van der Waals surface area (Å²) in [5, 5.41) is 4.14. The van der Waals surface area contributed by atoms with Crippen LogP contribution >= 0.6 is 27.3 Å². The number of carbonyl (C=O) groups is 1. The van der Waals surface area contributed by atoms with Gasteiger partial charge in [0.25, 0.3) is 0 Å². The van der Waals surface area contributed by atoms with Crippen LogP contribution in [0.3, 0.4) is 0 Å². The van der Waals surface area contributed by atoms with Crippen LogP contribution in [0, 0.1) is 0 Å². The van der Waals surface area contributed by atoms with Gasteiger partial charge in [0.05, 0.1) is 27.3 Å². The highest BCUT2D eigenvalue weighted by Crippen LogP contribution is 2.23. The van der Waals surface area contributed by atoms with Crippen molar-refractivity contribution < 1.29 is 4.79 Å². The average molecular weight is 322 g/mol. The van der Waals surface area contributed by atoms with Crippen LogP contribution in [-0.2, 0) is 6.42 Å². The van der Waals surface area contributed by atoms with Crippen LogP contribution in [0.15, 0.2) is 40.7 Å². The maximum absolute atomic E-state index is 12.2. The Kier molecular flexibility index (Phi) is 2.97. The normalized spacial score (nSPS) is 10.9. The zero-order chi connectivity index (χ0) is 12.5. The summed E-state index contributed by atoms with van der Waals surface area (Å²) >= 11 is 4.96. The number of nitrogens with zero attached hydrogens (tertiary/aromatic N) is 3. The molecule has 0 saturated carbocycles. The van der Waals surface area contributed by atoms with E-state index in [1.54, 1.807) is 40.6 Å². The lowest BCUT2D eigenvalue weighted by molar-refractivity contribution is 0.0995. The lowest BCUT2D eigenvalue weighted by Crippen LogP contribution is -2.01. The summed E-state index contributed by atoms with van der Waals surface area (Å²) in [5.41, 5.74) is 1.37. The van der Waals surface area contributed by atoms with Gasteiger partial charge < -0.3 is 0 Å². The largest absolute Gasteiger partial charge is 0.294 e.